The molecule has 5 heteroatoms. The fraction of sp³-hybridized carbons (Fsp3) is 0.375. The number of hydrogen-bond donors (Lipinski definition) is 0. The summed E-state index contributed by atoms with van der Waals surface area (Å²) in [4.78, 5) is 12.6. The Labute approximate surface area is 125 Å². The molecule has 0 atom stereocenters. The Hall–Kier alpha value is -2.14. The molecule has 0 aliphatic heterocycles. The molecule has 0 radical (unpaired) electrons. The predicted octanol–water partition coefficient (Wildman–Crippen LogP) is 3.35. The van der Waals surface area contributed by atoms with Crippen molar-refractivity contribution >= 4 is 5.69 Å². The molecule has 1 aromatic carbocycles. The first-order valence-corrected chi connectivity index (χ1v) is 6.90. The van der Waals surface area contributed by atoms with E-state index in [0.29, 0.717) is 17.9 Å². The fourth-order valence-corrected chi connectivity index (χ4v) is 2.02. The van der Waals surface area contributed by atoms with Crippen LogP contribution in [0.15, 0.2) is 43.5 Å². The number of nitro groups is 1. The smallest absolute Gasteiger partial charge is 0.272 e. The minimum absolute atomic E-state index is 0.116. The van der Waals surface area contributed by atoms with Gasteiger partial charge in [0.25, 0.3) is 5.69 Å². The second-order valence-corrected chi connectivity index (χ2v) is 4.74. The van der Waals surface area contributed by atoms with Crippen LogP contribution in [0.25, 0.3) is 0 Å². The van der Waals surface area contributed by atoms with Crippen LogP contribution in [0.2, 0.25) is 0 Å². The van der Waals surface area contributed by atoms with Gasteiger partial charge >= 0.3 is 0 Å². The van der Waals surface area contributed by atoms with Crippen molar-refractivity contribution in [2.75, 3.05) is 26.2 Å². The first kappa shape index (κ1) is 16.9. The SMILES string of the molecule is C=CCN(CC=C)CCCOc1ccc([N+](=O)[O-])c(C)c1. The zero-order chi connectivity index (χ0) is 15.7. The van der Waals surface area contributed by atoms with E-state index < -0.39 is 0 Å². The molecule has 0 N–H and O–H groups in total. The van der Waals surface area contributed by atoms with Gasteiger partial charge in [0.15, 0.2) is 0 Å². The van der Waals surface area contributed by atoms with Gasteiger partial charge in [-0.1, -0.05) is 12.2 Å². The first-order valence-electron chi connectivity index (χ1n) is 6.90. The number of ether oxygens (including phenoxy) is 1. The molecule has 0 heterocycles. The molecule has 1 rings (SSSR count). The maximum absolute atomic E-state index is 10.7. The van der Waals surface area contributed by atoms with E-state index in [1.807, 2.05) is 12.2 Å². The van der Waals surface area contributed by atoms with Crippen LogP contribution in [0.5, 0.6) is 5.75 Å². The molecule has 0 saturated carbocycles. The van der Waals surface area contributed by atoms with Crippen LogP contribution in [-0.2, 0) is 0 Å². The van der Waals surface area contributed by atoms with E-state index in [1.54, 1.807) is 19.1 Å². The molecule has 0 amide bonds. The maximum Gasteiger partial charge on any atom is 0.272 e. The summed E-state index contributed by atoms with van der Waals surface area (Å²) in [6.07, 6.45) is 4.60. The van der Waals surface area contributed by atoms with E-state index in [-0.39, 0.29) is 10.6 Å². The second kappa shape index (κ2) is 8.92. The first-order chi connectivity index (χ1) is 10.1. The highest BCUT2D eigenvalue weighted by atomic mass is 16.6. The third-order valence-corrected chi connectivity index (χ3v) is 3.03. The number of hydrogen-bond acceptors (Lipinski definition) is 4. The Balaban J connectivity index is 2.41. The lowest BCUT2D eigenvalue weighted by Gasteiger charge is -2.18. The summed E-state index contributed by atoms with van der Waals surface area (Å²) in [5.74, 6) is 0.664. The van der Waals surface area contributed by atoms with Crippen LogP contribution in [0.4, 0.5) is 5.69 Å². The van der Waals surface area contributed by atoms with Gasteiger partial charge < -0.3 is 4.74 Å². The van der Waals surface area contributed by atoms with Gasteiger partial charge in [0, 0.05) is 31.3 Å². The lowest BCUT2D eigenvalue weighted by molar-refractivity contribution is -0.385. The molecule has 114 valence electrons. The van der Waals surface area contributed by atoms with Crippen LogP contribution >= 0.6 is 0 Å². The molecule has 0 spiro atoms. The Morgan fingerprint density at radius 3 is 2.52 bits per heavy atom. The van der Waals surface area contributed by atoms with Crippen molar-refractivity contribution in [2.24, 2.45) is 0 Å². The van der Waals surface area contributed by atoms with E-state index >= 15 is 0 Å². The average molecular weight is 290 g/mol. The van der Waals surface area contributed by atoms with Crippen molar-refractivity contribution < 1.29 is 9.66 Å². The average Bonchev–Trinajstić information content (AvgIpc) is 2.43. The van der Waals surface area contributed by atoms with Gasteiger partial charge in [-0.25, -0.2) is 0 Å². The van der Waals surface area contributed by atoms with Gasteiger partial charge in [-0.2, -0.15) is 0 Å². The highest BCUT2D eigenvalue weighted by molar-refractivity contribution is 5.44. The van der Waals surface area contributed by atoms with Gasteiger partial charge in [0.2, 0.25) is 0 Å². The minimum Gasteiger partial charge on any atom is -0.494 e. The fourth-order valence-electron chi connectivity index (χ4n) is 2.02. The third kappa shape index (κ3) is 5.79. The van der Waals surface area contributed by atoms with Crippen molar-refractivity contribution in [3.63, 3.8) is 0 Å². The number of nitro benzene ring substituents is 1. The monoisotopic (exact) mass is 290 g/mol. The summed E-state index contributed by atoms with van der Waals surface area (Å²) in [7, 11) is 0. The van der Waals surface area contributed by atoms with Crippen LogP contribution in [0.1, 0.15) is 12.0 Å². The second-order valence-electron chi connectivity index (χ2n) is 4.74. The van der Waals surface area contributed by atoms with Crippen molar-refractivity contribution in [3.05, 3.63) is 59.2 Å². The Morgan fingerprint density at radius 2 is 2.00 bits per heavy atom. The van der Waals surface area contributed by atoms with Crippen molar-refractivity contribution in [3.8, 4) is 5.75 Å². The highest BCUT2D eigenvalue weighted by Gasteiger charge is 2.10. The molecule has 0 aliphatic rings. The standard InChI is InChI=1S/C16H22N2O3/c1-4-9-17(10-5-2)11-6-12-21-15-7-8-16(18(19)20)14(3)13-15/h4-5,7-8,13H,1-2,6,9-12H2,3H3. The lowest BCUT2D eigenvalue weighted by atomic mass is 10.2. The zero-order valence-electron chi connectivity index (χ0n) is 12.5. The molecule has 0 unspecified atom stereocenters. The quantitative estimate of drug-likeness (QED) is 0.287. The van der Waals surface area contributed by atoms with E-state index in [4.69, 9.17) is 4.74 Å². The molecule has 0 aliphatic carbocycles. The maximum atomic E-state index is 10.7. The van der Waals surface area contributed by atoms with Gasteiger partial charge in [-0.15, -0.1) is 13.2 Å². The molecule has 0 aromatic heterocycles. The summed E-state index contributed by atoms with van der Waals surface area (Å²) in [6.45, 7) is 12.3. The Morgan fingerprint density at radius 1 is 1.33 bits per heavy atom. The third-order valence-electron chi connectivity index (χ3n) is 3.03. The van der Waals surface area contributed by atoms with Crippen molar-refractivity contribution in [1.29, 1.82) is 0 Å². The number of rotatable bonds is 10. The van der Waals surface area contributed by atoms with Gasteiger partial charge in [-0.05, 0) is 25.5 Å². The van der Waals surface area contributed by atoms with Crippen LogP contribution in [0.3, 0.4) is 0 Å². The summed E-state index contributed by atoms with van der Waals surface area (Å²) >= 11 is 0. The van der Waals surface area contributed by atoms with Crippen molar-refractivity contribution in [2.45, 2.75) is 13.3 Å². The molecular weight excluding hydrogens is 268 g/mol. The largest absolute Gasteiger partial charge is 0.494 e. The van der Waals surface area contributed by atoms with Gasteiger partial charge in [-0.3, -0.25) is 15.0 Å². The van der Waals surface area contributed by atoms with Gasteiger partial charge in [0.1, 0.15) is 5.75 Å². The normalized spacial score (nSPS) is 10.4. The lowest BCUT2D eigenvalue weighted by Crippen LogP contribution is -2.26. The molecule has 5 nitrogen and oxygen atoms in total. The molecule has 0 saturated heterocycles. The molecule has 0 fully saturated rings. The summed E-state index contributed by atoms with van der Waals surface area (Å²) < 4.78 is 5.63. The topological polar surface area (TPSA) is 55.6 Å². The Bertz CT molecular complexity index is 490. The summed E-state index contributed by atoms with van der Waals surface area (Å²) in [6, 6.07) is 4.81. The molecule has 0 bridgehead atoms. The van der Waals surface area contributed by atoms with Crippen LogP contribution in [0, 0.1) is 17.0 Å². The van der Waals surface area contributed by atoms with Crippen molar-refractivity contribution in [1.82, 2.24) is 4.90 Å². The van der Waals surface area contributed by atoms with E-state index in [2.05, 4.69) is 18.1 Å². The molecule has 21 heavy (non-hydrogen) atoms. The van der Waals surface area contributed by atoms with Crippen LogP contribution < -0.4 is 4.74 Å². The van der Waals surface area contributed by atoms with E-state index in [9.17, 15) is 10.1 Å². The summed E-state index contributed by atoms with van der Waals surface area (Å²) in [5, 5.41) is 10.7. The molecule has 1 aromatic rings. The number of benzene rings is 1. The minimum atomic E-state index is -0.387. The molecular formula is C16H22N2O3. The Kier molecular flexibility index (Phi) is 7.18. The van der Waals surface area contributed by atoms with Gasteiger partial charge in [0.05, 0.1) is 11.5 Å². The summed E-state index contributed by atoms with van der Waals surface area (Å²) in [5.41, 5.74) is 0.725. The number of aryl methyl sites for hydroxylation is 1. The predicted molar refractivity (Wildman–Crippen MR) is 84.8 cm³/mol. The number of nitrogens with zero attached hydrogens (tertiary/aromatic N) is 2. The van der Waals surface area contributed by atoms with Crippen LogP contribution in [-0.4, -0.2) is 36.1 Å². The highest BCUT2D eigenvalue weighted by Crippen LogP contribution is 2.23. The zero-order valence-corrected chi connectivity index (χ0v) is 12.5. The van der Waals surface area contributed by atoms with E-state index in [0.717, 1.165) is 26.1 Å². The van der Waals surface area contributed by atoms with E-state index in [1.165, 1.54) is 6.07 Å².